The third-order valence-corrected chi connectivity index (χ3v) is 6.55. The summed E-state index contributed by atoms with van der Waals surface area (Å²) in [6.07, 6.45) is 1.63. The number of nitrogens with one attached hydrogen (secondary N) is 1. The van der Waals surface area contributed by atoms with Crippen molar-refractivity contribution < 1.29 is 8.42 Å². The predicted molar refractivity (Wildman–Crippen MR) is 74.5 cm³/mol. The summed E-state index contributed by atoms with van der Waals surface area (Å²) in [6, 6.07) is 5.10. The van der Waals surface area contributed by atoms with Gasteiger partial charge in [0.25, 0.3) is 10.0 Å². The van der Waals surface area contributed by atoms with Crippen LogP contribution in [0.5, 0.6) is 0 Å². The van der Waals surface area contributed by atoms with E-state index in [-0.39, 0.29) is 10.3 Å². The van der Waals surface area contributed by atoms with Crippen molar-refractivity contribution in [2.75, 3.05) is 19.6 Å². The van der Waals surface area contributed by atoms with Crippen LogP contribution in [-0.2, 0) is 10.0 Å². The zero-order valence-electron chi connectivity index (χ0n) is 10.8. The molecule has 0 bridgehead atoms. The average molecular weight is 299 g/mol. The van der Waals surface area contributed by atoms with Crippen molar-refractivity contribution in [3.8, 4) is 6.07 Å². The lowest BCUT2D eigenvalue weighted by Gasteiger charge is -2.26. The summed E-state index contributed by atoms with van der Waals surface area (Å²) in [5.41, 5.74) is 0. The Morgan fingerprint density at radius 2 is 2.37 bits per heavy atom. The van der Waals surface area contributed by atoms with Crippen LogP contribution < -0.4 is 5.32 Å². The Morgan fingerprint density at radius 1 is 1.58 bits per heavy atom. The van der Waals surface area contributed by atoms with E-state index in [1.165, 1.54) is 6.07 Å². The number of sulfonamides is 1. The number of nitriles is 1. The number of nitrogens with zero attached hydrogens (tertiary/aromatic N) is 2. The van der Waals surface area contributed by atoms with E-state index in [1.54, 1.807) is 10.4 Å². The zero-order chi connectivity index (χ0) is 13.9. The second kappa shape index (κ2) is 6.01. The van der Waals surface area contributed by atoms with Gasteiger partial charge in [-0.05, 0) is 31.5 Å². The zero-order valence-corrected chi connectivity index (χ0v) is 12.4. The fraction of sp³-hybridized carbons (Fsp3) is 0.583. The van der Waals surface area contributed by atoms with Crippen molar-refractivity contribution in [1.82, 2.24) is 9.62 Å². The Balaban J connectivity index is 2.30. The molecule has 2 heterocycles. The first-order chi connectivity index (χ1) is 9.09. The van der Waals surface area contributed by atoms with Gasteiger partial charge in [-0.2, -0.15) is 9.57 Å². The second-order valence-corrected chi connectivity index (χ2v) is 7.69. The summed E-state index contributed by atoms with van der Waals surface area (Å²) in [7, 11) is -3.48. The monoisotopic (exact) mass is 299 g/mol. The van der Waals surface area contributed by atoms with Crippen LogP contribution >= 0.6 is 11.3 Å². The molecule has 1 aromatic rings. The van der Waals surface area contributed by atoms with Crippen molar-refractivity contribution >= 4 is 21.4 Å². The molecule has 1 aromatic heterocycles. The molecule has 0 spiro atoms. The molecule has 0 radical (unpaired) electrons. The van der Waals surface area contributed by atoms with E-state index in [0.29, 0.717) is 18.0 Å². The number of hydrogen-bond donors (Lipinski definition) is 1. The lowest BCUT2D eigenvalue weighted by atomic mass is 10.2. The van der Waals surface area contributed by atoms with E-state index in [2.05, 4.69) is 5.32 Å². The summed E-state index contributed by atoms with van der Waals surface area (Å²) in [6.45, 7) is 4.05. The van der Waals surface area contributed by atoms with Crippen LogP contribution in [0.15, 0.2) is 16.3 Å². The highest BCUT2D eigenvalue weighted by atomic mass is 32.2. The quantitative estimate of drug-likeness (QED) is 0.891. The van der Waals surface area contributed by atoms with Gasteiger partial charge in [0.15, 0.2) is 0 Å². The first-order valence-electron chi connectivity index (χ1n) is 6.32. The van der Waals surface area contributed by atoms with E-state index in [1.807, 2.05) is 13.0 Å². The van der Waals surface area contributed by atoms with E-state index in [4.69, 9.17) is 5.26 Å². The van der Waals surface area contributed by atoms with Gasteiger partial charge in [-0.3, -0.25) is 0 Å². The third-order valence-electron chi connectivity index (χ3n) is 3.14. The Labute approximate surface area is 117 Å². The van der Waals surface area contributed by atoms with Crippen LogP contribution in [0.3, 0.4) is 0 Å². The minimum absolute atomic E-state index is 0.0255. The molecule has 1 fully saturated rings. The smallest absolute Gasteiger partial charge is 0.252 e. The molecule has 1 N–H and O–H groups in total. The van der Waals surface area contributed by atoms with Gasteiger partial charge in [-0.25, -0.2) is 8.42 Å². The first-order valence-corrected chi connectivity index (χ1v) is 8.57. The predicted octanol–water partition coefficient (Wildman–Crippen LogP) is 1.38. The van der Waals surface area contributed by atoms with Crippen molar-refractivity contribution in [2.24, 2.45) is 0 Å². The van der Waals surface area contributed by atoms with Crippen molar-refractivity contribution in [2.45, 2.75) is 30.0 Å². The van der Waals surface area contributed by atoms with Gasteiger partial charge in [0.05, 0.1) is 0 Å². The summed E-state index contributed by atoms with van der Waals surface area (Å²) in [5, 5.41) is 12.0. The minimum Gasteiger partial charge on any atom is -0.315 e. The van der Waals surface area contributed by atoms with E-state index < -0.39 is 10.0 Å². The van der Waals surface area contributed by atoms with Crippen LogP contribution in [-0.4, -0.2) is 38.4 Å². The van der Waals surface area contributed by atoms with Crippen LogP contribution in [0, 0.1) is 11.3 Å². The van der Waals surface area contributed by atoms with Crippen LogP contribution in [0.1, 0.15) is 24.6 Å². The van der Waals surface area contributed by atoms with Crippen LogP contribution in [0.2, 0.25) is 0 Å². The highest BCUT2D eigenvalue weighted by Crippen LogP contribution is 2.27. The fourth-order valence-electron chi connectivity index (χ4n) is 2.24. The molecule has 0 amide bonds. The minimum atomic E-state index is -3.48. The van der Waals surface area contributed by atoms with Crippen molar-refractivity contribution in [3.05, 3.63) is 17.0 Å². The molecule has 1 unspecified atom stereocenters. The number of rotatable bonds is 5. The molecule has 19 heavy (non-hydrogen) atoms. The number of hydrogen-bond acceptors (Lipinski definition) is 5. The normalized spacial score (nSPS) is 19.7. The first kappa shape index (κ1) is 14.5. The summed E-state index contributed by atoms with van der Waals surface area (Å²) in [5.74, 6) is 0. The molecular weight excluding hydrogens is 282 g/mol. The Hall–Kier alpha value is -0.940. The van der Waals surface area contributed by atoms with Crippen molar-refractivity contribution in [3.63, 3.8) is 0 Å². The standard InChI is InChI=1S/C12H17N3O2S2/c1-2-7-15(10-5-6-14-9-10)19(16,17)12-4-3-11(8-13)18-12/h3-4,10,14H,2,5-7,9H2,1H3. The molecule has 1 aliphatic heterocycles. The van der Waals surface area contributed by atoms with E-state index in [0.717, 1.165) is 30.7 Å². The molecule has 1 saturated heterocycles. The summed E-state index contributed by atoms with van der Waals surface area (Å²) < 4.78 is 27.1. The third kappa shape index (κ3) is 2.98. The van der Waals surface area contributed by atoms with Crippen molar-refractivity contribution in [1.29, 1.82) is 5.26 Å². The van der Waals surface area contributed by atoms with Crippen LogP contribution in [0.4, 0.5) is 0 Å². The molecule has 0 aliphatic carbocycles. The summed E-state index contributed by atoms with van der Waals surface area (Å²) >= 11 is 1.04. The van der Waals surface area contributed by atoms with Gasteiger partial charge in [0.1, 0.15) is 15.2 Å². The molecule has 104 valence electrons. The maximum absolute atomic E-state index is 12.6. The van der Waals surface area contributed by atoms with Gasteiger partial charge in [0, 0.05) is 19.1 Å². The SMILES string of the molecule is CCCN(C1CCNC1)S(=O)(=O)c1ccc(C#N)s1. The maximum Gasteiger partial charge on any atom is 0.252 e. The number of thiophene rings is 1. The van der Waals surface area contributed by atoms with Gasteiger partial charge >= 0.3 is 0 Å². The van der Waals surface area contributed by atoms with Gasteiger partial charge in [-0.15, -0.1) is 11.3 Å². The molecular formula is C12H17N3O2S2. The highest BCUT2D eigenvalue weighted by Gasteiger charge is 2.33. The van der Waals surface area contributed by atoms with E-state index in [9.17, 15) is 8.42 Å². The molecule has 5 nitrogen and oxygen atoms in total. The molecule has 1 aliphatic rings. The largest absolute Gasteiger partial charge is 0.315 e. The Morgan fingerprint density at radius 3 is 2.89 bits per heavy atom. The lowest BCUT2D eigenvalue weighted by molar-refractivity contribution is 0.336. The van der Waals surface area contributed by atoms with Gasteiger partial charge in [0.2, 0.25) is 0 Å². The maximum atomic E-state index is 12.6. The van der Waals surface area contributed by atoms with E-state index >= 15 is 0 Å². The molecule has 0 saturated carbocycles. The lowest BCUT2D eigenvalue weighted by Crippen LogP contribution is -2.41. The van der Waals surface area contributed by atoms with Gasteiger partial charge < -0.3 is 5.32 Å². The summed E-state index contributed by atoms with van der Waals surface area (Å²) in [4.78, 5) is 0.430. The fourth-order valence-corrected chi connectivity index (χ4v) is 5.22. The van der Waals surface area contributed by atoms with Gasteiger partial charge in [-0.1, -0.05) is 6.92 Å². The molecule has 1 atom stereocenters. The molecule has 0 aromatic carbocycles. The molecule has 7 heteroatoms. The topological polar surface area (TPSA) is 73.2 Å². The highest BCUT2D eigenvalue weighted by molar-refractivity contribution is 7.91. The Bertz CT molecular complexity index is 568. The second-order valence-electron chi connectivity index (χ2n) is 4.49. The molecule has 2 rings (SSSR count). The van der Waals surface area contributed by atoms with Crippen LogP contribution in [0.25, 0.3) is 0 Å². The Kier molecular flexibility index (Phi) is 4.58. The average Bonchev–Trinajstić information content (AvgIpc) is 3.06.